The van der Waals surface area contributed by atoms with Crippen molar-refractivity contribution in [1.82, 2.24) is 15.2 Å². The molecule has 1 aliphatic heterocycles. The van der Waals surface area contributed by atoms with Gasteiger partial charge in [0.15, 0.2) is 0 Å². The quantitative estimate of drug-likeness (QED) is 0.725. The predicted molar refractivity (Wildman–Crippen MR) is 110 cm³/mol. The second-order valence-electron chi connectivity index (χ2n) is 7.06. The number of pyridine rings is 1. The molecular formula is C22H28N4O2. The molecule has 1 fully saturated rings. The van der Waals surface area contributed by atoms with Gasteiger partial charge in [0.05, 0.1) is 12.0 Å². The van der Waals surface area contributed by atoms with Crippen molar-refractivity contribution in [1.29, 1.82) is 0 Å². The molecule has 6 heteroatoms. The number of anilines is 1. The molecule has 2 amide bonds. The van der Waals surface area contributed by atoms with Gasteiger partial charge in [0.25, 0.3) is 0 Å². The zero-order chi connectivity index (χ0) is 19.9. The Morgan fingerprint density at radius 1 is 1.18 bits per heavy atom. The Bertz CT molecular complexity index is 809. The second-order valence-corrected chi connectivity index (χ2v) is 7.06. The topological polar surface area (TPSA) is 74.3 Å². The molecule has 0 unspecified atom stereocenters. The number of hydrogen-bond donors (Lipinski definition) is 2. The molecule has 0 radical (unpaired) electrons. The molecule has 148 valence electrons. The molecule has 6 nitrogen and oxygen atoms in total. The van der Waals surface area contributed by atoms with Crippen molar-refractivity contribution in [3.8, 4) is 0 Å². The molecule has 28 heavy (non-hydrogen) atoms. The van der Waals surface area contributed by atoms with Crippen LogP contribution < -0.4 is 10.6 Å². The van der Waals surface area contributed by atoms with Crippen LogP contribution >= 0.6 is 0 Å². The van der Waals surface area contributed by atoms with E-state index in [4.69, 9.17) is 0 Å². The van der Waals surface area contributed by atoms with Crippen molar-refractivity contribution in [2.45, 2.75) is 32.7 Å². The van der Waals surface area contributed by atoms with Gasteiger partial charge in [0.1, 0.15) is 5.82 Å². The Morgan fingerprint density at radius 3 is 2.68 bits per heavy atom. The molecule has 0 aliphatic carbocycles. The molecule has 1 aromatic heterocycles. The summed E-state index contributed by atoms with van der Waals surface area (Å²) in [6, 6.07) is 13.5. The molecular weight excluding hydrogens is 352 g/mol. The van der Waals surface area contributed by atoms with Gasteiger partial charge in [0.2, 0.25) is 11.8 Å². The van der Waals surface area contributed by atoms with Gasteiger partial charge in [-0.1, -0.05) is 30.3 Å². The first kappa shape index (κ1) is 19.9. The zero-order valence-electron chi connectivity index (χ0n) is 16.5. The van der Waals surface area contributed by atoms with Crippen molar-refractivity contribution in [2.24, 2.45) is 5.92 Å². The molecule has 1 aliphatic rings. The molecule has 1 aromatic carbocycles. The summed E-state index contributed by atoms with van der Waals surface area (Å²) >= 11 is 0. The molecule has 0 saturated carbocycles. The van der Waals surface area contributed by atoms with Crippen LogP contribution in [0.25, 0.3) is 0 Å². The van der Waals surface area contributed by atoms with Crippen LogP contribution in [0.4, 0.5) is 5.82 Å². The lowest BCUT2D eigenvalue weighted by atomic mass is 9.82. The normalized spacial score (nSPS) is 19.4. The third kappa shape index (κ3) is 4.50. The molecule has 1 saturated heterocycles. The van der Waals surface area contributed by atoms with Crippen molar-refractivity contribution in [2.75, 3.05) is 25.0 Å². The van der Waals surface area contributed by atoms with Gasteiger partial charge in [-0.25, -0.2) is 4.98 Å². The summed E-state index contributed by atoms with van der Waals surface area (Å²) in [6.07, 6.45) is 2.72. The van der Waals surface area contributed by atoms with Crippen LogP contribution in [0.15, 0.2) is 48.7 Å². The highest BCUT2D eigenvalue weighted by molar-refractivity contribution is 5.85. The first-order valence-corrected chi connectivity index (χ1v) is 9.89. The van der Waals surface area contributed by atoms with Crippen LogP contribution in [0.3, 0.4) is 0 Å². The van der Waals surface area contributed by atoms with Gasteiger partial charge in [0, 0.05) is 32.3 Å². The number of carbonyl (C=O) groups is 2. The van der Waals surface area contributed by atoms with Crippen molar-refractivity contribution in [3.63, 3.8) is 0 Å². The molecule has 2 atom stereocenters. The summed E-state index contributed by atoms with van der Waals surface area (Å²) in [5, 5.41) is 6.23. The van der Waals surface area contributed by atoms with Crippen LogP contribution in [0.1, 0.15) is 36.9 Å². The number of aryl methyl sites for hydroxylation is 1. The fourth-order valence-electron chi connectivity index (χ4n) is 3.88. The SMILES string of the molecule is CCN1C(=O)CC[C@@H](C(=O)NCCNc2ccccn2)[C@@H]1c1ccccc1C. The zero-order valence-corrected chi connectivity index (χ0v) is 16.5. The summed E-state index contributed by atoms with van der Waals surface area (Å²) in [5.41, 5.74) is 2.17. The van der Waals surface area contributed by atoms with E-state index in [-0.39, 0.29) is 23.8 Å². The van der Waals surface area contributed by atoms with Gasteiger partial charge in [-0.05, 0) is 43.5 Å². The van der Waals surface area contributed by atoms with E-state index in [1.165, 1.54) is 0 Å². The minimum Gasteiger partial charge on any atom is -0.368 e. The smallest absolute Gasteiger partial charge is 0.225 e. The minimum atomic E-state index is -0.242. The summed E-state index contributed by atoms with van der Waals surface area (Å²) in [7, 11) is 0. The van der Waals surface area contributed by atoms with Crippen LogP contribution in [-0.4, -0.2) is 41.3 Å². The monoisotopic (exact) mass is 380 g/mol. The lowest BCUT2D eigenvalue weighted by Crippen LogP contribution is -2.48. The number of rotatable bonds is 7. The Morgan fingerprint density at radius 2 is 1.96 bits per heavy atom. The van der Waals surface area contributed by atoms with Crippen LogP contribution in [-0.2, 0) is 9.59 Å². The number of benzene rings is 1. The average Bonchev–Trinajstić information content (AvgIpc) is 2.72. The first-order chi connectivity index (χ1) is 13.6. The van der Waals surface area contributed by atoms with Gasteiger partial charge >= 0.3 is 0 Å². The summed E-state index contributed by atoms with van der Waals surface area (Å²) in [6.45, 7) is 5.71. The van der Waals surface area contributed by atoms with Crippen LogP contribution in [0.2, 0.25) is 0 Å². The van der Waals surface area contributed by atoms with Gasteiger partial charge in [-0.3, -0.25) is 9.59 Å². The largest absolute Gasteiger partial charge is 0.368 e. The van der Waals surface area contributed by atoms with E-state index in [9.17, 15) is 9.59 Å². The van der Waals surface area contributed by atoms with Crippen LogP contribution in [0.5, 0.6) is 0 Å². The van der Waals surface area contributed by atoms with E-state index in [1.807, 2.05) is 61.2 Å². The maximum Gasteiger partial charge on any atom is 0.225 e. The van der Waals surface area contributed by atoms with E-state index in [1.54, 1.807) is 6.20 Å². The number of hydrogen-bond acceptors (Lipinski definition) is 4. The number of aromatic nitrogens is 1. The highest BCUT2D eigenvalue weighted by atomic mass is 16.2. The fraction of sp³-hybridized carbons (Fsp3) is 0.409. The number of nitrogens with zero attached hydrogens (tertiary/aromatic N) is 2. The van der Waals surface area contributed by atoms with Crippen molar-refractivity contribution < 1.29 is 9.59 Å². The maximum atomic E-state index is 13.0. The Hall–Kier alpha value is -2.89. The molecule has 0 bridgehead atoms. The highest BCUT2D eigenvalue weighted by Crippen LogP contribution is 2.38. The molecule has 2 aromatic rings. The number of likely N-dealkylation sites (tertiary alicyclic amines) is 1. The number of carbonyl (C=O) groups excluding carboxylic acids is 2. The highest BCUT2D eigenvalue weighted by Gasteiger charge is 2.40. The summed E-state index contributed by atoms with van der Waals surface area (Å²) < 4.78 is 0. The Balaban J connectivity index is 1.68. The van der Waals surface area contributed by atoms with E-state index < -0.39 is 0 Å². The number of piperidine rings is 1. The second kappa shape index (κ2) is 9.35. The van der Waals surface area contributed by atoms with Gasteiger partial charge in [-0.2, -0.15) is 0 Å². The fourth-order valence-corrected chi connectivity index (χ4v) is 3.88. The van der Waals surface area contributed by atoms with E-state index in [0.29, 0.717) is 32.5 Å². The third-order valence-electron chi connectivity index (χ3n) is 5.29. The molecule has 2 heterocycles. The van der Waals surface area contributed by atoms with Crippen molar-refractivity contribution in [3.05, 3.63) is 59.8 Å². The molecule has 2 N–H and O–H groups in total. The predicted octanol–water partition coefficient (Wildman–Crippen LogP) is 2.92. The van der Waals surface area contributed by atoms with E-state index in [0.717, 1.165) is 16.9 Å². The maximum absolute atomic E-state index is 13.0. The summed E-state index contributed by atoms with van der Waals surface area (Å²) in [5.74, 6) is 0.669. The first-order valence-electron chi connectivity index (χ1n) is 9.89. The Kier molecular flexibility index (Phi) is 6.63. The summed E-state index contributed by atoms with van der Waals surface area (Å²) in [4.78, 5) is 31.5. The third-order valence-corrected chi connectivity index (χ3v) is 5.29. The molecule has 3 rings (SSSR count). The lowest BCUT2D eigenvalue weighted by molar-refractivity contribution is -0.143. The number of nitrogens with one attached hydrogen (secondary N) is 2. The van der Waals surface area contributed by atoms with Crippen LogP contribution in [0, 0.1) is 12.8 Å². The standard InChI is InChI=1S/C22H28N4O2/c1-3-26-20(27)12-11-18(21(26)17-9-5-4-8-16(17)2)22(28)25-15-14-24-19-10-6-7-13-23-19/h4-10,13,18,21H,3,11-12,14-15H2,1-2H3,(H,23,24)(H,25,28)/t18-,21+/m1/s1. The van der Waals surface area contributed by atoms with Gasteiger partial charge in [-0.15, -0.1) is 0 Å². The minimum absolute atomic E-state index is 0.00187. The lowest BCUT2D eigenvalue weighted by Gasteiger charge is -2.41. The number of amides is 2. The van der Waals surface area contributed by atoms with Crippen molar-refractivity contribution >= 4 is 17.6 Å². The van der Waals surface area contributed by atoms with E-state index in [2.05, 4.69) is 15.6 Å². The Labute approximate surface area is 166 Å². The van der Waals surface area contributed by atoms with Gasteiger partial charge < -0.3 is 15.5 Å². The van der Waals surface area contributed by atoms with E-state index >= 15 is 0 Å². The average molecular weight is 380 g/mol. The molecule has 0 spiro atoms.